The van der Waals surface area contributed by atoms with E-state index in [1.807, 2.05) is 61.8 Å². The van der Waals surface area contributed by atoms with E-state index in [1.165, 1.54) is 44.3 Å². The van der Waals surface area contributed by atoms with Crippen molar-refractivity contribution in [1.29, 1.82) is 5.26 Å². The third kappa shape index (κ3) is 22.5. The Morgan fingerprint density at radius 1 is 0.793 bits per heavy atom. The van der Waals surface area contributed by atoms with Gasteiger partial charge in [0.25, 0.3) is 42.2 Å². The maximum Gasteiger partial charge on any atom is 0.294 e. The Labute approximate surface area is 648 Å². The molecule has 5 aliphatic rings. The molecule has 111 heavy (non-hydrogen) atoms. The lowest BCUT2D eigenvalue weighted by Crippen LogP contribution is -2.48. The molecular formula is C77H93F2N10O18S4+. The maximum atomic E-state index is 14.0. The molecule has 596 valence electrons. The number of aromatic nitrogens is 1. The monoisotopic (exact) mass is 1610 g/mol. The average molecular weight is 1610 g/mol. The van der Waals surface area contributed by atoms with E-state index in [9.17, 15) is 91.3 Å². The van der Waals surface area contributed by atoms with Crippen molar-refractivity contribution in [3.8, 4) is 11.8 Å². The molecule has 3 aromatic carbocycles. The number of Topliss-reactive ketones (excluding diaryl/α,β-unsaturated/α-hetero) is 1. The number of pyridine rings is 1. The number of alkyl halides is 2. The molecule has 4 aliphatic heterocycles. The number of anilines is 1. The number of hydrogen-bond acceptors (Lipinski definition) is 19. The molecule has 1 aliphatic carbocycles. The van der Waals surface area contributed by atoms with Crippen molar-refractivity contribution in [2.45, 2.75) is 184 Å². The van der Waals surface area contributed by atoms with Crippen molar-refractivity contribution in [1.82, 2.24) is 36.1 Å². The topological polar surface area (TPSA) is 406 Å². The number of aryl methyl sites for hydroxylation is 2. The summed E-state index contributed by atoms with van der Waals surface area (Å²) < 4.78 is 138. The zero-order chi connectivity index (χ0) is 81.1. The molecule has 9 rings (SSSR count). The molecule has 2 fully saturated rings. The lowest BCUT2D eigenvalue weighted by Gasteiger charge is -2.27. The van der Waals surface area contributed by atoms with Gasteiger partial charge in [0.05, 0.1) is 58.0 Å². The number of nitrogens with one attached hydrogen (secondary N) is 4. The number of nitrogens with zero attached hydrogens (tertiary/aromatic N) is 6. The summed E-state index contributed by atoms with van der Waals surface area (Å²) in [5.41, 5.74) is 7.43. The lowest BCUT2D eigenvalue weighted by molar-refractivity contribution is -0.438. The molecule has 2 unspecified atom stereocenters. The number of fused-ring (bicyclic) bond motifs is 2. The molecule has 5 heterocycles. The van der Waals surface area contributed by atoms with Gasteiger partial charge in [-0.05, 0) is 156 Å². The lowest BCUT2D eigenvalue weighted by atomic mass is 9.81. The number of carbonyl (C=O) groups is 8. The number of nitriles is 1. The van der Waals surface area contributed by atoms with Crippen molar-refractivity contribution in [3.63, 3.8) is 0 Å². The van der Waals surface area contributed by atoms with Gasteiger partial charge in [-0.15, -0.1) is 11.8 Å². The van der Waals surface area contributed by atoms with E-state index in [4.69, 9.17) is 4.74 Å². The van der Waals surface area contributed by atoms with Crippen molar-refractivity contribution in [3.05, 3.63) is 159 Å². The van der Waals surface area contributed by atoms with Gasteiger partial charge in [0.1, 0.15) is 30.1 Å². The Balaban J connectivity index is 0.803. The van der Waals surface area contributed by atoms with Gasteiger partial charge < -0.3 is 35.8 Å². The number of thioether (sulfide) groups is 1. The van der Waals surface area contributed by atoms with Crippen molar-refractivity contribution in [2.24, 2.45) is 0 Å². The number of carbonyl (C=O) groups excluding carboxylic acids is 8. The number of ether oxygens (including phenoxy) is 1. The van der Waals surface area contributed by atoms with E-state index < -0.39 is 130 Å². The Bertz CT molecular complexity index is 4880. The number of benzene rings is 3. The second-order valence-electron chi connectivity index (χ2n) is 29.3. The fraction of sp³-hybridized carbons (Fsp3) is 0.468. The van der Waals surface area contributed by atoms with Gasteiger partial charge in [-0.3, -0.25) is 61.9 Å². The highest BCUT2D eigenvalue weighted by Gasteiger charge is 2.49. The summed E-state index contributed by atoms with van der Waals surface area (Å²) in [5.74, 6) is -7.76. The van der Waals surface area contributed by atoms with Crippen molar-refractivity contribution >= 4 is 106 Å². The summed E-state index contributed by atoms with van der Waals surface area (Å²) in [7, 11) is -13.0. The van der Waals surface area contributed by atoms with E-state index >= 15 is 0 Å². The normalized spacial score (nSPS) is 19.3. The minimum Gasteiger partial charge on any atom is -0.457 e. The highest BCUT2D eigenvalue weighted by atomic mass is 32.2. The van der Waals surface area contributed by atoms with Gasteiger partial charge in [-0.25, -0.2) is 8.78 Å². The van der Waals surface area contributed by atoms with Crippen LogP contribution in [0, 0.1) is 18.3 Å². The molecule has 7 N–H and O–H groups in total. The quantitative estimate of drug-likeness (QED) is 0.00992. The van der Waals surface area contributed by atoms with Gasteiger partial charge in [-0.2, -0.15) is 35.1 Å². The maximum absolute atomic E-state index is 14.0. The van der Waals surface area contributed by atoms with Gasteiger partial charge in [0.15, 0.2) is 11.5 Å². The number of likely N-dealkylation sites (tertiary alicyclic amines) is 2. The van der Waals surface area contributed by atoms with Crippen LogP contribution in [0.5, 0.6) is 5.75 Å². The SMILES string of the molecule is CC(=O)C(CSC1CC(=O)N(CCNC(=O)CCc2ccc(OC3=C(C=CC4=[N+](CCCCS(=O)(=O)O)c5ccc(S(=O)(=O)O)cc5C4(C)C)CCCC3=CC=C3N(CCCCS(=O)(=O)O)c4ccc(C)cc4C3(C)C)cc2)C1=O)NC(=O)CCC(=O)NCc1cc(C(=O)N[C@H](C)C(=O)N2CC(F)(F)C[C@H]2C#N)ccn1. The number of amides is 7. The third-order valence-electron chi connectivity index (χ3n) is 20.1. The minimum absolute atomic E-state index is 0.0363. The first-order valence-corrected chi connectivity index (χ1v) is 42.1. The number of ketones is 1. The first-order chi connectivity index (χ1) is 52.1. The van der Waals surface area contributed by atoms with E-state index in [-0.39, 0.29) is 91.7 Å². The largest absolute Gasteiger partial charge is 0.457 e. The second kappa shape index (κ2) is 36.0. The van der Waals surface area contributed by atoms with E-state index in [2.05, 4.69) is 63.2 Å². The molecule has 1 aromatic heterocycles. The summed E-state index contributed by atoms with van der Waals surface area (Å²) in [6, 6.07) is 18.5. The smallest absolute Gasteiger partial charge is 0.294 e. The molecule has 0 saturated carbocycles. The molecular weight excluding hydrogens is 1520 g/mol. The van der Waals surface area contributed by atoms with Gasteiger partial charge in [0, 0.05) is 110 Å². The van der Waals surface area contributed by atoms with E-state index in [0.29, 0.717) is 74.4 Å². The highest BCUT2D eigenvalue weighted by molar-refractivity contribution is 8.00. The van der Waals surface area contributed by atoms with Crippen LogP contribution in [-0.4, -0.2) is 190 Å². The molecule has 0 spiro atoms. The summed E-state index contributed by atoms with van der Waals surface area (Å²) in [6.45, 7) is 12.1. The van der Waals surface area contributed by atoms with Crippen LogP contribution in [0.1, 0.15) is 157 Å². The predicted octanol–water partition coefficient (Wildman–Crippen LogP) is 7.99. The fourth-order valence-corrected chi connectivity index (χ4v) is 17.1. The summed E-state index contributed by atoms with van der Waals surface area (Å²) in [4.78, 5) is 112. The number of imide groups is 1. The van der Waals surface area contributed by atoms with Crippen LogP contribution in [0.15, 0.2) is 131 Å². The first-order valence-electron chi connectivity index (χ1n) is 36.4. The minimum atomic E-state index is -4.60. The predicted molar refractivity (Wildman–Crippen MR) is 410 cm³/mol. The zero-order valence-electron chi connectivity index (χ0n) is 62.7. The zero-order valence-corrected chi connectivity index (χ0v) is 66.0. The molecule has 4 aromatic rings. The number of hydrogen-bond donors (Lipinski definition) is 7. The standard InChI is InChI=1S/C77H92F2N10O18S4/c1-48-15-24-62-59(39-48)75(4,5)65(86(62)34-8-10-37-109(98,99)100)26-19-52-13-12-14-53(20-27-66-76(6,7)60-41-58(111(104,105)106)23-25-63(60)87(66)35-9-11-38-110(101,102)103)71(52)107-57-21-16-51(17-22-57)18-28-67(91)82-33-36-88-70(94)42-64(74(88)97)108-46-61(50(3)90)85-69(93)30-29-68(92)83-45-55-40-54(31-32-81-55)72(95)84-49(2)73(96)89-47-77(78,79)43-56(89)44-80/h15-17,19-27,31-32,39-41,49,56,61,64H,8-14,18,28-30,33-38,42-43,45-47H2,1-7H3,(H6-,82,83,84,85,91,92,93,95,98,99,100,101,102,103,104,105,106)/p+1/t49-,56+,61?,64?/m1/s1. The van der Waals surface area contributed by atoms with Crippen molar-refractivity contribution in [2.75, 3.05) is 54.9 Å². The fourth-order valence-electron chi connectivity index (χ4n) is 14.1. The molecule has 34 heteroatoms. The van der Waals surface area contributed by atoms with Crippen LogP contribution in [-0.2, 0) is 87.7 Å². The molecule has 0 radical (unpaired) electrons. The van der Waals surface area contributed by atoms with Gasteiger partial charge in [-0.1, -0.05) is 49.8 Å². The average Bonchev–Trinajstić information content (AvgIpc) is 1.60. The summed E-state index contributed by atoms with van der Waals surface area (Å²) >= 11 is 1.01. The van der Waals surface area contributed by atoms with Crippen LogP contribution in [0.4, 0.5) is 20.2 Å². The number of unbranched alkanes of at least 4 members (excludes halogenated alkanes) is 2. The van der Waals surface area contributed by atoms with Gasteiger partial charge in [0.2, 0.25) is 41.1 Å². The Kier molecular flexibility index (Phi) is 27.8. The number of rotatable bonds is 35. The molecule has 0 bridgehead atoms. The number of halogens is 2. The first kappa shape index (κ1) is 85.6. The summed E-state index contributed by atoms with van der Waals surface area (Å²) in [6.07, 6.45) is 11.0. The Hall–Kier alpha value is -9.37. The van der Waals surface area contributed by atoms with Crippen LogP contribution in [0.25, 0.3) is 0 Å². The molecule has 2 saturated heterocycles. The number of allylic oxidation sites excluding steroid dienone is 7. The van der Waals surface area contributed by atoms with Gasteiger partial charge >= 0.3 is 0 Å². The van der Waals surface area contributed by atoms with Crippen LogP contribution < -0.4 is 30.9 Å². The molecule has 4 atom stereocenters. The Morgan fingerprint density at radius 3 is 2.17 bits per heavy atom. The molecule has 28 nitrogen and oxygen atoms in total. The van der Waals surface area contributed by atoms with Crippen LogP contribution in [0.3, 0.4) is 0 Å². The third-order valence-corrected chi connectivity index (χ3v) is 23.9. The molecule has 7 amide bonds. The summed E-state index contributed by atoms with van der Waals surface area (Å²) in [5, 5.41) is 18.8. The van der Waals surface area contributed by atoms with E-state index in [1.54, 1.807) is 24.3 Å². The van der Waals surface area contributed by atoms with Crippen molar-refractivity contribution < 1.29 is 95.4 Å². The van der Waals surface area contributed by atoms with Crippen LogP contribution in [0.2, 0.25) is 0 Å². The second-order valence-corrected chi connectivity index (χ2v) is 35.1. The Morgan fingerprint density at radius 2 is 1.49 bits per heavy atom. The van der Waals surface area contributed by atoms with Crippen LogP contribution >= 0.6 is 11.8 Å². The van der Waals surface area contributed by atoms with E-state index in [0.717, 1.165) is 66.5 Å². The highest BCUT2D eigenvalue weighted by Crippen LogP contribution is 2.49.